The molecule has 3 heterocycles. The summed E-state index contributed by atoms with van der Waals surface area (Å²) in [5.41, 5.74) is 1.09. The summed E-state index contributed by atoms with van der Waals surface area (Å²) in [7, 11) is 0. The van der Waals surface area contributed by atoms with E-state index in [2.05, 4.69) is 20.7 Å². The van der Waals surface area contributed by atoms with Gasteiger partial charge in [-0.25, -0.2) is 9.07 Å². The second kappa shape index (κ2) is 7.77. The number of anilines is 1. The molecule has 1 amide bonds. The summed E-state index contributed by atoms with van der Waals surface area (Å²) in [5, 5.41) is 9.43. The average Bonchev–Trinajstić information content (AvgIpc) is 3.16. The number of amides is 1. The first-order valence-corrected chi connectivity index (χ1v) is 9.17. The van der Waals surface area contributed by atoms with Crippen LogP contribution in [0.5, 0.6) is 0 Å². The number of carbonyl (C=O) groups excluding carboxylic acids is 1. The number of fused-ring (bicyclic) bond motifs is 1. The zero-order valence-electron chi connectivity index (χ0n) is 15.5. The highest BCUT2D eigenvalue weighted by Gasteiger charge is 2.47. The van der Waals surface area contributed by atoms with Crippen LogP contribution in [0.3, 0.4) is 0 Å². The number of hydrogen-bond acceptors (Lipinski definition) is 4. The predicted octanol–water partition coefficient (Wildman–Crippen LogP) is 4.01. The fourth-order valence-electron chi connectivity index (χ4n) is 3.41. The quantitative estimate of drug-likeness (QED) is 0.627. The summed E-state index contributed by atoms with van der Waals surface area (Å²) < 4.78 is 55.1. The van der Waals surface area contributed by atoms with Crippen molar-refractivity contribution in [2.45, 2.75) is 31.2 Å². The van der Waals surface area contributed by atoms with Crippen LogP contribution >= 0.6 is 0 Å². The zero-order chi connectivity index (χ0) is 21.3. The summed E-state index contributed by atoms with van der Waals surface area (Å²) in [6, 6.07) is 7.76. The van der Waals surface area contributed by atoms with Gasteiger partial charge in [-0.1, -0.05) is 18.2 Å². The normalized spacial score (nSPS) is 18.4. The molecule has 1 aromatic carbocycles. The van der Waals surface area contributed by atoms with E-state index in [-0.39, 0.29) is 24.3 Å². The summed E-state index contributed by atoms with van der Waals surface area (Å²) >= 11 is 0. The molecule has 0 fully saturated rings. The van der Waals surface area contributed by atoms with Gasteiger partial charge in [0.1, 0.15) is 17.2 Å². The predicted molar refractivity (Wildman–Crippen MR) is 100 cm³/mol. The molecule has 3 aromatic rings. The van der Waals surface area contributed by atoms with Crippen molar-refractivity contribution in [2.75, 3.05) is 5.32 Å². The molecule has 156 valence electrons. The maximum absolute atomic E-state index is 13.7. The Kier molecular flexibility index (Phi) is 5.15. The molecule has 2 atom stereocenters. The van der Waals surface area contributed by atoms with Gasteiger partial charge in [-0.3, -0.25) is 9.78 Å². The van der Waals surface area contributed by atoms with Crippen molar-refractivity contribution in [1.82, 2.24) is 20.1 Å². The lowest BCUT2D eigenvalue weighted by Gasteiger charge is -2.34. The van der Waals surface area contributed by atoms with Gasteiger partial charge >= 0.3 is 6.18 Å². The Morgan fingerprint density at radius 1 is 1.20 bits per heavy atom. The first kappa shape index (κ1) is 19.9. The van der Waals surface area contributed by atoms with Gasteiger partial charge in [-0.2, -0.15) is 18.3 Å². The van der Waals surface area contributed by atoms with Crippen LogP contribution in [0.1, 0.15) is 40.1 Å². The summed E-state index contributed by atoms with van der Waals surface area (Å²) in [6.45, 7) is 0.119. The fourth-order valence-corrected chi connectivity index (χ4v) is 3.41. The van der Waals surface area contributed by atoms with Crippen molar-refractivity contribution in [3.8, 4) is 0 Å². The Morgan fingerprint density at radius 3 is 2.63 bits per heavy atom. The molecule has 0 bridgehead atoms. The molecule has 6 nitrogen and oxygen atoms in total. The Labute approximate surface area is 168 Å². The summed E-state index contributed by atoms with van der Waals surface area (Å²) in [4.78, 5) is 16.7. The molecule has 0 radical (unpaired) electrons. The van der Waals surface area contributed by atoms with E-state index in [1.807, 2.05) is 0 Å². The van der Waals surface area contributed by atoms with Crippen LogP contribution < -0.4 is 10.6 Å². The van der Waals surface area contributed by atoms with Gasteiger partial charge in [-0.05, 0) is 29.8 Å². The van der Waals surface area contributed by atoms with Gasteiger partial charge < -0.3 is 10.6 Å². The maximum atomic E-state index is 13.7. The Morgan fingerprint density at radius 2 is 1.97 bits per heavy atom. The van der Waals surface area contributed by atoms with Crippen molar-refractivity contribution < 1.29 is 22.4 Å². The highest BCUT2D eigenvalue weighted by Crippen LogP contribution is 2.44. The van der Waals surface area contributed by atoms with Crippen molar-refractivity contribution in [1.29, 1.82) is 0 Å². The Hall–Kier alpha value is -3.43. The van der Waals surface area contributed by atoms with Crippen molar-refractivity contribution >= 4 is 11.7 Å². The SMILES string of the molecule is O=C(NCc1ccccn1)c1cnn2c1NC(c1ccc(F)cc1)CC2C(F)(F)F. The number of nitrogens with one attached hydrogen (secondary N) is 2. The van der Waals surface area contributed by atoms with Crippen LogP contribution in [0.15, 0.2) is 54.9 Å². The van der Waals surface area contributed by atoms with E-state index < -0.39 is 30.0 Å². The lowest BCUT2D eigenvalue weighted by molar-refractivity contribution is -0.173. The van der Waals surface area contributed by atoms with Gasteiger partial charge in [0, 0.05) is 12.6 Å². The average molecular weight is 419 g/mol. The molecule has 2 aromatic heterocycles. The number of alkyl halides is 3. The minimum absolute atomic E-state index is 0.00741. The second-order valence-corrected chi connectivity index (χ2v) is 6.90. The molecule has 2 N–H and O–H groups in total. The zero-order valence-corrected chi connectivity index (χ0v) is 15.5. The Bertz CT molecular complexity index is 1030. The number of carbonyl (C=O) groups is 1. The van der Waals surface area contributed by atoms with Gasteiger partial charge in [0.05, 0.1) is 24.5 Å². The van der Waals surface area contributed by atoms with Gasteiger partial charge in [0.2, 0.25) is 0 Å². The molecule has 0 spiro atoms. The number of nitrogens with zero attached hydrogens (tertiary/aromatic N) is 3. The smallest absolute Gasteiger partial charge is 0.363 e. The topological polar surface area (TPSA) is 71.8 Å². The van der Waals surface area contributed by atoms with Crippen LogP contribution in [0.4, 0.5) is 23.4 Å². The molecular weight excluding hydrogens is 402 g/mol. The molecule has 1 aliphatic rings. The van der Waals surface area contributed by atoms with Crippen molar-refractivity contribution in [2.24, 2.45) is 0 Å². The first-order chi connectivity index (χ1) is 14.3. The highest BCUT2D eigenvalue weighted by molar-refractivity contribution is 5.98. The lowest BCUT2D eigenvalue weighted by Crippen LogP contribution is -2.36. The summed E-state index contributed by atoms with van der Waals surface area (Å²) in [5.74, 6) is -1.09. The third-order valence-electron chi connectivity index (χ3n) is 4.91. The van der Waals surface area contributed by atoms with Crippen LogP contribution in [0.25, 0.3) is 0 Å². The monoisotopic (exact) mass is 419 g/mol. The van der Waals surface area contributed by atoms with Gasteiger partial charge in [0.15, 0.2) is 6.04 Å². The van der Waals surface area contributed by atoms with Crippen molar-refractivity contribution in [3.63, 3.8) is 0 Å². The summed E-state index contributed by atoms with van der Waals surface area (Å²) in [6.07, 6.45) is -2.21. The standard InChI is InChI=1S/C20H17F4N5O/c21-13-6-4-12(5-7-13)16-9-17(20(22,23)24)29-18(28-16)15(11-27-29)19(30)26-10-14-3-1-2-8-25-14/h1-8,11,16-17,28H,9-10H2,(H,26,30). The van der Waals surface area contributed by atoms with E-state index in [0.717, 1.165) is 10.9 Å². The fraction of sp³-hybridized carbons (Fsp3) is 0.250. The molecule has 10 heteroatoms. The first-order valence-electron chi connectivity index (χ1n) is 9.17. The van der Waals surface area contributed by atoms with Crippen molar-refractivity contribution in [3.05, 3.63) is 77.5 Å². The maximum Gasteiger partial charge on any atom is 0.410 e. The highest BCUT2D eigenvalue weighted by atomic mass is 19.4. The molecule has 30 heavy (non-hydrogen) atoms. The third-order valence-corrected chi connectivity index (χ3v) is 4.91. The van der Waals surface area contributed by atoms with E-state index in [4.69, 9.17) is 0 Å². The van der Waals surface area contributed by atoms with E-state index in [9.17, 15) is 22.4 Å². The molecule has 0 saturated carbocycles. The molecule has 0 aliphatic carbocycles. The van der Waals surface area contributed by atoms with Gasteiger partial charge in [-0.15, -0.1) is 0 Å². The number of pyridine rings is 1. The van der Waals surface area contributed by atoms with Crippen LogP contribution in [-0.4, -0.2) is 26.8 Å². The number of halogens is 4. The van der Waals surface area contributed by atoms with Gasteiger partial charge in [0.25, 0.3) is 5.91 Å². The van der Waals surface area contributed by atoms with Crippen LogP contribution in [0, 0.1) is 5.82 Å². The Balaban J connectivity index is 1.62. The molecular formula is C20H17F4N5O. The molecule has 2 unspecified atom stereocenters. The molecule has 0 saturated heterocycles. The number of benzene rings is 1. The number of hydrogen-bond donors (Lipinski definition) is 2. The molecule has 4 rings (SSSR count). The molecule has 1 aliphatic heterocycles. The number of aromatic nitrogens is 3. The second-order valence-electron chi connectivity index (χ2n) is 6.90. The van der Waals surface area contributed by atoms with Crippen LogP contribution in [0.2, 0.25) is 0 Å². The minimum Gasteiger partial charge on any atom is -0.363 e. The number of rotatable bonds is 4. The third kappa shape index (κ3) is 3.98. The largest absolute Gasteiger partial charge is 0.410 e. The van der Waals surface area contributed by atoms with E-state index >= 15 is 0 Å². The minimum atomic E-state index is -4.57. The van der Waals surface area contributed by atoms with E-state index in [0.29, 0.717) is 11.3 Å². The van der Waals surface area contributed by atoms with E-state index in [1.54, 1.807) is 24.4 Å². The van der Waals surface area contributed by atoms with E-state index in [1.165, 1.54) is 24.3 Å². The lowest BCUT2D eigenvalue weighted by atomic mass is 9.96. The van der Waals surface area contributed by atoms with Crippen LogP contribution in [-0.2, 0) is 6.54 Å².